The number of benzene rings is 2. The van der Waals surface area contributed by atoms with Crippen LogP contribution in [0.5, 0.6) is 5.75 Å². The summed E-state index contributed by atoms with van der Waals surface area (Å²) >= 11 is 6.22. The summed E-state index contributed by atoms with van der Waals surface area (Å²) in [6.45, 7) is 1.40. The van der Waals surface area contributed by atoms with Crippen molar-refractivity contribution >= 4 is 29.6 Å². The molecule has 2 aromatic carbocycles. The number of nitrogens with one attached hydrogen (secondary N) is 1. The van der Waals surface area contributed by atoms with Gasteiger partial charge in [-0.3, -0.25) is 4.57 Å². The summed E-state index contributed by atoms with van der Waals surface area (Å²) in [5.41, 5.74) is 4.17. The lowest BCUT2D eigenvalue weighted by Gasteiger charge is -2.23. The number of allylic oxidation sites excluding steroid dienone is 2. The topological polar surface area (TPSA) is 52.0 Å². The largest absolute Gasteiger partial charge is 0.496 e. The number of halogens is 3. The van der Waals surface area contributed by atoms with Gasteiger partial charge in [-0.05, 0) is 66.8 Å². The van der Waals surface area contributed by atoms with Crippen LogP contribution in [0.2, 0.25) is 5.02 Å². The lowest BCUT2D eigenvalue weighted by molar-refractivity contribution is 0.411. The van der Waals surface area contributed by atoms with Crippen LogP contribution in [0.3, 0.4) is 0 Å². The molecule has 0 bridgehead atoms. The molecule has 5 nitrogen and oxygen atoms in total. The molecule has 0 spiro atoms. The second kappa shape index (κ2) is 8.99. The van der Waals surface area contributed by atoms with Crippen LogP contribution < -0.4 is 10.1 Å². The fourth-order valence-electron chi connectivity index (χ4n) is 4.44. The zero-order valence-corrected chi connectivity index (χ0v) is 18.6. The van der Waals surface area contributed by atoms with E-state index < -0.39 is 0 Å². The van der Waals surface area contributed by atoms with Crippen LogP contribution in [0.4, 0.5) is 4.39 Å². The number of rotatable bonds is 3. The van der Waals surface area contributed by atoms with Crippen molar-refractivity contribution in [3.05, 3.63) is 76.1 Å². The van der Waals surface area contributed by atoms with Crippen molar-refractivity contribution in [1.82, 2.24) is 20.1 Å². The Kier molecular flexibility index (Phi) is 6.32. The molecule has 0 radical (unpaired) electrons. The van der Waals surface area contributed by atoms with Gasteiger partial charge in [0, 0.05) is 23.0 Å². The minimum absolute atomic E-state index is 0. The highest BCUT2D eigenvalue weighted by molar-refractivity contribution is 6.30. The normalized spacial score (nSPS) is 17.6. The number of hydrogen-bond donors (Lipinski definition) is 1. The van der Waals surface area contributed by atoms with E-state index in [4.69, 9.17) is 16.3 Å². The minimum atomic E-state index is -0.251. The molecule has 1 aromatic heterocycles. The van der Waals surface area contributed by atoms with Gasteiger partial charge in [-0.25, -0.2) is 4.39 Å². The highest BCUT2D eigenvalue weighted by atomic mass is 35.5. The van der Waals surface area contributed by atoms with Gasteiger partial charge in [-0.2, -0.15) is 0 Å². The van der Waals surface area contributed by atoms with Crippen molar-refractivity contribution in [3.8, 4) is 11.4 Å². The summed E-state index contributed by atoms with van der Waals surface area (Å²) in [6.07, 6.45) is 4.76. The third-order valence-corrected chi connectivity index (χ3v) is 6.15. The summed E-state index contributed by atoms with van der Waals surface area (Å²) in [4.78, 5) is 0. The molecular weight excluding hydrogens is 438 g/mol. The van der Waals surface area contributed by atoms with Gasteiger partial charge in [0.25, 0.3) is 0 Å². The van der Waals surface area contributed by atoms with Gasteiger partial charge in [0.05, 0.1) is 19.3 Å². The maximum atomic E-state index is 13.8. The first-order valence-electron chi connectivity index (χ1n) is 10.1. The smallest absolute Gasteiger partial charge is 0.151 e. The van der Waals surface area contributed by atoms with Crippen LogP contribution in [0.1, 0.15) is 48.0 Å². The molecule has 162 valence electrons. The molecule has 1 N–H and O–H groups in total. The van der Waals surface area contributed by atoms with E-state index in [0.717, 1.165) is 64.9 Å². The number of ether oxygens (including phenoxy) is 1. The molecule has 0 saturated carbocycles. The van der Waals surface area contributed by atoms with Crippen molar-refractivity contribution in [2.24, 2.45) is 0 Å². The van der Waals surface area contributed by atoms with Crippen LogP contribution >= 0.6 is 24.0 Å². The highest BCUT2D eigenvalue weighted by Crippen LogP contribution is 2.39. The van der Waals surface area contributed by atoms with E-state index in [0.29, 0.717) is 12.3 Å². The number of fused-ring (bicyclic) bond motifs is 3. The van der Waals surface area contributed by atoms with Crippen molar-refractivity contribution in [2.45, 2.75) is 38.3 Å². The fraction of sp³-hybridized carbons (Fsp3) is 0.304. The fourth-order valence-corrected chi connectivity index (χ4v) is 4.63. The third-order valence-electron chi connectivity index (χ3n) is 5.92. The van der Waals surface area contributed by atoms with Gasteiger partial charge in [0.1, 0.15) is 17.4 Å². The van der Waals surface area contributed by atoms with Crippen LogP contribution in [0.25, 0.3) is 11.3 Å². The predicted molar refractivity (Wildman–Crippen MR) is 122 cm³/mol. The number of aromatic nitrogens is 3. The van der Waals surface area contributed by atoms with Gasteiger partial charge in [0.2, 0.25) is 0 Å². The summed E-state index contributed by atoms with van der Waals surface area (Å²) < 4.78 is 21.4. The molecule has 31 heavy (non-hydrogen) atoms. The average molecular weight is 461 g/mol. The maximum absolute atomic E-state index is 13.8. The molecule has 2 aliphatic rings. The first kappa shape index (κ1) is 21.8. The Balaban J connectivity index is 0.00000231. The Labute approximate surface area is 191 Å². The molecule has 0 amide bonds. The average Bonchev–Trinajstić information content (AvgIpc) is 3.09. The summed E-state index contributed by atoms with van der Waals surface area (Å²) in [6, 6.07) is 10.6. The minimum Gasteiger partial charge on any atom is -0.496 e. The molecule has 0 saturated heterocycles. The SMILES string of the molecule is COc1ccc(F)cc1C1=CCC(c2nnc3n2-c2ccc(Cl)cc2CNC3)CC1.Cl. The molecule has 1 atom stereocenters. The van der Waals surface area contributed by atoms with E-state index in [2.05, 4.69) is 26.2 Å². The van der Waals surface area contributed by atoms with Crippen LogP contribution in [0.15, 0.2) is 42.5 Å². The molecule has 2 heterocycles. The van der Waals surface area contributed by atoms with E-state index in [1.165, 1.54) is 6.07 Å². The summed E-state index contributed by atoms with van der Waals surface area (Å²) in [5.74, 6) is 2.58. The molecular formula is C23H23Cl2FN4O. The lowest BCUT2D eigenvalue weighted by Crippen LogP contribution is -2.13. The van der Waals surface area contributed by atoms with Crippen LogP contribution in [-0.4, -0.2) is 21.9 Å². The Morgan fingerprint density at radius 3 is 2.81 bits per heavy atom. The Hall–Kier alpha value is -2.41. The quantitative estimate of drug-likeness (QED) is 0.564. The zero-order chi connectivity index (χ0) is 20.7. The van der Waals surface area contributed by atoms with E-state index in [-0.39, 0.29) is 24.1 Å². The zero-order valence-electron chi connectivity index (χ0n) is 17.1. The molecule has 0 fully saturated rings. The Morgan fingerprint density at radius 2 is 2.03 bits per heavy atom. The second-order valence-electron chi connectivity index (χ2n) is 7.73. The molecule has 1 aliphatic heterocycles. The van der Waals surface area contributed by atoms with Crippen molar-refractivity contribution in [3.63, 3.8) is 0 Å². The van der Waals surface area contributed by atoms with Gasteiger partial charge in [0.15, 0.2) is 5.82 Å². The van der Waals surface area contributed by atoms with E-state index in [9.17, 15) is 4.39 Å². The Bertz CT molecular complexity index is 1140. The first-order chi connectivity index (χ1) is 14.6. The number of methoxy groups -OCH3 is 1. The summed E-state index contributed by atoms with van der Waals surface area (Å²) in [5, 5.41) is 13.1. The van der Waals surface area contributed by atoms with Crippen molar-refractivity contribution in [1.29, 1.82) is 0 Å². The van der Waals surface area contributed by atoms with E-state index >= 15 is 0 Å². The van der Waals surface area contributed by atoms with Crippen molar-refractivity contribution < 1.29 is 9.13 Å². The van der Waals surface area contributed by atoms with Gasteiger partial charge >= 0.3 is 0 Å². The number of hydrogen-bond acceptors (Lipinski definition) is 4. The number of nitrogens with zero attached hydrogens (tertiary/aromatic N) is 3. The maximum Gasteiger partial charge on any atom is 0.151 e. The Morgan fingerprint density at radius 1 is 1.16 bits per heavy atom. The van der Waals surface area contributed by atoms with Gasteiger partial charge in [-0.1, -0.05) is 17.7 Å². The second-order valence-corrected chi connectivity index (χ2v) is 8.17. The third kappa shape index (κ3) is 4.07. The van der Waals surface area contributed by atoms with E-state index in [1.807, 2.05) is 18.2 Å². The molecule has 5 rings (SSSR count). The standard InChI is InChI=1S/C23H22ClFN4O.ClH/c1-30-21-9-7-18(25)11-19(21)14-2-4-15(5-3-14)23-28-27-22-13-26-12-16-10-17(24)6-8-20(16)29(22)23;/h2,6-11,15,26H,3-5,12-13H2,1H3;1H. The molecule has 8 heteroatoms. The molecule has 3 aromatic rings. The van der Waals surface area contributed by atoms with Gasteiger partial charge in [-0.15, -0.1) is 22.6 Å². The van der Waals surface area contributed by atoms with E-state index in [1.54, 1.807) is 19.2 Å². The van der Waals surface area contributed by atoms with Crippen LogP contribution in [0, 0.1) is 5.82 Å². The van der Waals surface area contributed by atoms with Crippen molar-refractivity contribution in [2.75, 3.05) is 7.11 Å². The highest BCUT2D eigenvalue weighted by Gasteiger charge is 2.27. The summed E-state index contributed by atoms with van der Waals surface area (Å²) in [7, 11) is 1.62. The monoisotopic (exact) mass is 460 g/mol. The first-order valence-corrected chi connectivity index (χ1v) is 10.5. The van der Waals surface area contributed by atoms with Gasteiger partial charge < -0.3 is 10.1 Å². The lowest BCUT2D eigenvalue weighted by atomic mass is 9.85. The predicted octanol–water partition coefficient (Wildman–Crippen LogP) is 5.44. The molecule has 1 unspecified atom stereocenters. The molecule has 1 aliphatic carbocycles. The van der Waals surface area contributed by atoms with Crippen LogP contribution in [-0.2, 0) is 13.1 Å².